The van der Waals surface area contributed by atoms with Crippen LogP contribution in [0.4, 0.5) is 14.9 Å². The molecule has 2 heterocycles. The molecule has 0 radical (unpaired) electrons. The summed E-state index contributed by atoms with van der Waals surface area (Å²) in [6.07, 6.45) is 1.70. The van der Waals surface area contributed by atoms with E-state index in [2.05, 4.69) is 15.9 Å². The summed E-state index contributed by atoms with van der Waals surface area (Å²) in [6, 6.07) is 15.6. The van der Waals surface area contributed by atoms with Crippen LogP contribution in [-0.4, -0.2) is 15.7 Å². The third-order valence-corrected chi connectivity index (χ3v) is 6.08. The summed E-state index contributed by atoms with van der Waals surface area (Å²) >= 11 is 4.18. The lowest BCUT2D eigenvalue weighted by molar-refractivity contribution is -0.113. The SMILES string of the molecule is Cc1cc(/C=C2\SC(=O)N(c3ccccc3)C2=O)c(C)n1-c1ccc(Br)cc1F. The summed E-state index contributed by atoms with van der Waals surface area (Å²) in [7, 11) is 0. The highest BCUT2D eigenvalue weighted by Crippen LogP contribution is 2.36. The molecule has 0 saturated carbocycles. The molecule has 1 aromatic heterocycles. The number of para-hydroxylation sites is 1. The van der Waals surface area contributed by atoms with E-state index in [1.807, 2.05) is 26.0 Å². The van der Waals surface area contributed by atoms with Gasteiger partial charge in [0.05, 0.1) is 16.3 Å². The van der Waals surface area contributed by atoms with Crippen LogP contribution >= 0.6 is 27.7 Å². The molecule has 0 atom stereocenters. The van der Waals surface area contributed by atoms with E-state index in [1.165, 1.54) is 11.0 Å². The van der Waals surface area contributed by atoms with Crippen molar-refractivity contribution in [1.29, 1.82) is 0 Å². The van der Waals surface area contributed by atoms with Crippen LogP contribution < -0.4 is 4.90 Å². The number of aromatic nitrogens is 1. The molecular weight excluding hydrogens is 455 g/mol. The normalized spacial score (nSPS) is 15.6. The minimum Gasteiger partial charge on any atom is -0.315 e. The fraction of sp³-hybridized carbons (Fsp3) is 0.0909. The number of halogens is 2. The highest BCUT2D eigenvalue weighted by atomic mass is 79.9. The summed E-state index contributed by atoms with van der Waals surface area (Å²) in [5.41, 5.74) is 3.36. The first-order chi connectivity index (χ1) is 13.9. The maximum atomic E-state index is 14.5. The Labute approximate surface area is 180 Å². The second-order valence-corrected chi connectivity index (χ2v) is 8.52. The van der Waals surface area contributed by atoms with E-state index in [9.17, 15) is 14.0 Å². The van der Waals surface area contributed by atoms with E-state index in [0.717, 1.165) is 28.7 Å². The molecule has 1 aliphatic rings. The van der Waals surface area contributed by atoms with Gasteiger partial charge in [-0.25, -0.2) is 9.29 Å². The van der Waals surface area contributed by atoms with Gasteiger partial charge in [0.25, 0.3) is 11.1 Å². The number of aryl methyl sites for hydroxylation is 1. The van der Waals surface area contributed by atoms with Crippen LogP contribution in [0.15, 0.2) is 64.0 Å². The maximum absolute atomic E-state index is 14.5. The molecule has 3 aromatic rings. The third-order valence-electron chi connectivity index (χ3n) is 4.72. The second-order valence-electron chi connectivity index (χ2n) is 6.61. The molecule has 146 valence electrons. The molecule has 0 bridgehead atoms. The molecule has 0 N–H and O–H groups in total. The number of thioether (sulfide) groups is 1. The van der Waals surface area contributed by atoms with Crippen molar-refractivity contribution in [2.24, 2.45) is 0 Å². The van der Waals surface area contributed by atoms with E-state index in [4.69, 9.17) is 0 Å². The van der Waals surface area contributed by atoms with Crippen LogP contribution in [0.2, 0.25) is 0 Å². The minimum absolute atomic E-state index is 0.333. The summed E-state index contributed by atoms with van der Waals surface area (Å²) in [4.78, 5) is 26.8. The minimum atomic E-state index is -0.356. The van der Waals surface area contributed by atoms with Crippen molar-refractivity contribution in [2.45, 2.75) is 13.8 Å². The van der Waals surface area contributed by atoms with Crippen LogP contribution in [-0.2, 0) is 4.79 Å². The zero-order valence-electron chi connectivity index (χ0n) is 15.6. The van der Waals surface area contributed by atoms with E-state index in [-0.39, 0.29) is 17.0 Å². The monoisotopic (exact) mass is 470 g/mol. The maximum Gasteiger partial charge on any atom is 0.298 e. The predicted molar refractivity (Wildman–Crippen MR) is 118 cm³/mol. The molecule has 7 heteroatoms. The second kappa shape index (κ2) is 7.65. The molecule has 0 spiro atoms. The lowest BCUT2D eigenvalue weighted by atomic mass is 10.2. The molecule has 0 unspecified atom stereocenters. The molecule has 4 nitrogen and oxygen atoms in total. The number of hydrogen-bond donors (Lipinski definition) is 0. The van der Waals surface area contributed by atoms with Crippen molar-refractivity contribution < 1.29 is 14.0 Å². The van der Waals surface area contributed by atoms with Crippen molar-refractivity contribution in [3.63, 3.8) is 0 Å². The van der Waals surface area contributed by atoms with Crippen molar-refractivity contribution in [3.05, 3.63) is 86.7 Å². The average molecular weight is 471 g/mol. The fourth-order valence-electron chi connectivity index (χ4n) is 3.38. The molecule has 1 fully saturated rings. The van der Waals surface area contributed by atoms with Crippen LogP contribution in [0.5, 0.6) is 0 Å². The Morgan fingerprint density at radius 3 is 2.45 bits per heavy atom. The molecule has 2 amide bonds. The van der Waals surface area contributed by atoms with Gasteiger partial charge >= 0.3 is 0 Å². The number of rotatable bonds is 3. The highest BCUT2D eigenvalue weighted by Gasteiger charge is 2.36. The molecular formula is C22H16BrFN2O2S. The summed E-state index contributed by atoms with van der Waals surface area (Å²) < 4.78 is 17.0. The summed E-state index contributed by atoms with van der Waals surface area (Å²) in [5, 5.41) is -0.333. The van der Waals surface area contributed by atoms with Gasteiger partial charge in [0.2, 0.25) is 0 Å². The molecule has 1 saturated heterocycles. The zero-order chi connectivity index (χ0) is 20.7. The predicted octanol–water partition coefficient (Wildman–Crippen LogP) is 6.24. The Hall–Kier alpha value is -2.64. The number of carbonyl (C=O) groups is 2. The number of carbonyl (C=O) groups excluding carboxylic acids is 2. The van der Waals surface area contributed by atoms with E-state index < -0.39 is 0 Å². The summed E-state index contributed by atoms with van der Waals surface area (Å²) in [5.74, 6) is -0.706. The first-order valence-electron chi connectivity index (χ1n) is 8.84. The fourth-order valence-corrected chi connectivity index (χ4v) is 4.54. The van der Waals surface area contributed by atoms with Crippen LogP contribution in [0.3, 0.4) is 0 Å². The van der Waals surface area contributed by atoms with Gasteiger partial charge in [0.1, 0.15) is 5.82 Å². The molecule has 4 rings (SSSR count). The molecule has 0 aliphatic carbocycles. The zero-order valence-corrected chi connectivity index (χ0v) is 18.1. The van der Waals surface area contributed by atoms with Crippen LogP contribution in [0.25, 0.3) is 11.8 Å². The van der Waals surface area contributed by atoms with E-state index in [0.29, 0.717) is 20.8 Å². The van der Waals surface area contributed by atoms with Crippen LogP contribution in [0.1, 0.15) is 17.0 Å². The lowest BCUT2D eigenvalue weighted by Gasteiger charge is -2.12. The van der Waals surface area contributed by atoms with Crippen molar-refractivity contribution in [3.8, 4) is 5.69 Å². The Kier molecular flexibility index (Phi) is 5.19. The highest BCUT2D eigenvalue weighted by molar-refractivity contribution is 9.10. The van der Waals surface area contributed by atoms with Gasteiger partial charge in [-0.1, -0.05) is 34.1 Å². The van der Waals surface area contributed by atoms with Gasteiger partial charge in [-0.05, 0) is 73.6 Å². The first kappa shape index (κ1) is 19.7. The number of amides is 2. The molecule has 2 aromatic carbocycles. The van der Waals surface area contributed by atoms with E-state index >= 15 is 0 Å². The standard InChI is InChI=1S/C22H16BrFN2O2S/c1-13-10-15(14(2)25(13)19-9-8-16(23)12-18(19)24)11-20-21(27)26(22(28)29-20)17-6-4-3-5-7-17/h3-12H,1-2H3/b20-11-. The Morgan fingerprint density at radius 2 is 1.76 bits per heavy atom. The quantitative estimate of drug-likeness (QED) is 0.425. The Bertz CT molecular complexity index is 1170. The Balaban J connectivity index is 1.73. The molecule has 1 aliphatic heterocycles. The topological polar surface area (TPSA) is 42.3 Å². The van der Waals surface area contributed by atoms with Gasteiger partial charge in [-0.2, -0.15) is 0 Å². The Morgan fingerprint density at radius 1 is 1.03 bits per heavy atom. The summed E-state index contributed by atoms with van der Waals surface area (Å²) in [6.45, 7) is 3.74. The van der Waals surface area contributed by atoms with Gasteiger partial charge < -0.3 is 4.57 Å². The third kappa shape index (κ3) is 3.56. The van der Waals surface area contributed by atoms with Crippen LogP contribution in [0, 0.1) is 19.7 Å². The smallest absolute Gasteiger partial charge is 0.298 e. The number of nitrogens with zero attached hydrogens (tertiary/aromatic N) is 2. The number of benzene rings is 2. The number of imide groups is 1. The number of hydrogen-bond acceptors (Lipinski definition) is 3. The average Bonchev–Trinajstić information content (AvgIpc) is 3.11. The van der Waals surface area contributed by atoms with Gasteiger partial charge in [-0.15, -0.1) is 0 Å². The van der Waals surface area contributed by atoms with Gasteiger partial charge in [0, 0.05) is 15.9 Å². The van der Waals surface area contributed by atoms with Crippen molar-refractivity contribution >= 4 is 50.6 Å². The van der Waals surface area contributed by atoms with E-state index in [1.54, 1.807) is 47.0 Å². The van der Waals surface area contributed by atoms with Crippen molar-refractivity contribution in [1.82, 2.24) is 4.57 Å². The largest absolute Gasteiger partial charge is 0.315 e. The molecule has 29 heavy (non-hydrogen) atoms. The van der Waals surface area contributed by atoms with Gasteiger partial charge in [0.15, 0.2) is 0 Å². The number of anilines is 1. The lowest BCUT2D eigenvalue weighted by Crippen LogP contribution is -2.27. The first-order valence-corrected chi connectivity index (χ1v) is 10.4. The van der Waals surface area contributed by atoms with Crippen molar-refractivity contribution in [2.75, 3.05) is 4.90 Å². The van der Waals surface area contributed by atoms with Gasteiger partial charge in [-0.3, -0.25) is 9.59 Å².